The summed E-state index contributed by atoms with van der Waals surface area (Å²) in [6.07, 6.45) is -3.55. The van der Waals surface area contributed by atoms with Crippen LogP contribution in [-0.4, -0.2) is 20.8 Å². The molecule has 13 heteroatoms. The van der Waals surface area contributed by atoms with Crippen LogP contribution in [0.25, 0.3) is 22.3 Å². The molecule has 0 spiro atoms. The SMILES string of the molecule is O=c1c2ccccc2nc(-c2cccc(C(F)(F)F)c2)n1N=Cc1cc(Cl)c(OCc2ccc(F)cc2)c([N+](=O)[O-])c1. The van der Waals surface area contributed by atoms with E-state index in [1.165, 1.54) is 54.6 Å². The van der Waals surface area contributed by atoms with Crippen molar-refractivity contribution in [1.29, 1.82) is 0 Å². The van der Waals surface area contributed by atoms with Crippen molar-refractivity contribution in [3.63, 3.8) is 0 Å². The molecular formula is C29H17ClF4N4O4. The lowest BCUT2D eigenvalue weighted by molar-refractivity contribution is -0.385. The van der Waals surface area contributed by atoms with Gasteiger partial charge in [-0.15, -0.1) is 0 Å². The zero-order chi connectivity index (χ0) is 30.0. The second-order valence-electron chi connectivity index (χ2n) is 8.92. The van der Waals surface area contributed by atoms with Crippen molar-refractivity contribution >= 4 is 34.4 Å². The summed E-state index contributed by atoms with van der Waals surface area (Å²) in [6, 6.07) is 18.3. The second kappa shape index (κ2) is 11.4. The Morgan fingerprint density at radius 1 is 1.02 bits per heavy atom. The van der Waals surface area contributed by atoms with Gasteiger partial charge in [0.1, 0.15) is 12.4 Å². The molecule has 1 aromatic heterocycles. The van der Waals surface area contributed by atoms with Gasteiger partial charge in [0.2, 0.25) is 5.75 Å². The number of hydrogen-bond donors (Lipinski definition) is 0. The Morgan fingerprint density at radius 2 is 1.76 bits per heavy atom. The number of nitro groups is 1. The van der Waals surface area contributed by atoms with Gasteiger partial charge in [0.25, 0.3) is 5.56 Å². The van der Waals surface area contributed by atoms with Crippen molar-refractivity contribution in [2.24, 2.45) is 5.10 Å². The molecule has 0 aliphatic heterocycles. The zero-order valence-electron chi connectivity index (χ0n) is 21.2. The lowest BCUT2D eigenvalue weighted by Crippen LogP contribution is -2.20. The van der Waals surface area contributed by atoms with Crippen LogP contribution in [0.5, 0.6) is 5.75 Å². The van der Waals surface area contributed by atoms with Crippen molar-refractivity contribution in [1.82, 2.24) is 9.66 Å². The van der Waals surface area contributed by atoms with Gasteiger partial charge in [0.15, 0.2) is 5.82 Å². The van der Waals surface area contributed by atoms with Gasteiger partial charge in [-0.2, -0.15) is 22.9 Å². The van der Waals surface area contributed by atoms with Gasteiger partial charge in [-0.3, -0.25) is 14.9 Å². The summed E-state index contributed by atoms with van der Waals surface area (Å²) in [7, 11) is 0. The molecular weight excluding hydrogens is 580 g/mol. The minimum absolute atomic E-state index is 0.0293. The summed E-state index contributed by atoms with van der Waals surface area (Å²) in [6.45, 7) is -0.132. The number of halogens is 5. The summed E-state index contributed by atoms with van der Waals surface area (Å²) in [5, 5.41) is 16.0. The predicted octanol–water partition coefficient (Wildman–Crippen LogP) is 7.24. The predicted molar refractivity (Wildman–Crippen MR) is 148 cm³/mol. The summed E-state index contributed by atoms with van der Waals surface area (Å²) in [5.41, 5.74) is -1.29. The first-order chi connectivity index (χ1) is 20.0. The first-order valence-corrected chi connectivity index (χ1v) is 12.5. The van der Waals surface area contributed by atoms with Gasteiger partial charge in [-0.1, -0.05) is 48.0 Å². The summed E-state index contributed by atoms with van der Waals surface area (Å²) < 4.78 is 59.8. The van der Waals surface area contributed by atoms with E-state index in [0.717, 1.165) is 29.1 Å². The van der Waals surface area contributed by atoms with Crippen LogP contribution in [0.1, 0.15) is 16.7 Å². The van der Waals surface area contributed by atoms with Crippen LogP contribution < -0.4 is 10.3 Å². The van der Waals surface area contributed by atoms with Gasteiger partial charge >= 0.3 is 11.9 Å². The minimum atomic E-state index is -4.64. The van der Waals surface area contributed by atoms with E-state index in [1.807, 2.05) is 0 Å². The first kappa shape index (κ1) is 28.4. The van der Waals surface area contributed by atoms with E-state index in [0.29, 0.717) is 5.56 Å². The molecule has 0 fully saturated rings. The molecule has 0 saturated heterocycles. The van der Waals surface area contributed by atoms with Crippen LogP contribution in [0.4, 0.5) is 23.2 Å². The Labute approximate surface area is 239 Å². The van der Waals surface area contributed by atoms with Crippen molar-refractivity contribution in [2.45, 2.75) is 12.8 Å². The largest absolute Gasteiger partial charge is 0.481 e. The molecule has 0 aliphatic rings. The minimum Gasteiger partial charge on any atom is -0.481 e. The van der Waals surface area contributed by atoms with Crippen molar-refractivity contribution in [2.75, 3.05) is 0 Å². The maximum Gasteiger partial charge on any atom is 0.416 e. The molecule has 0 saturated carbocycles. The third-order valence-electron chi connectivity index (χ3n) is 6.06. The fraction of sp³-hybridized carbons (Fsp3) is 0.0690. The third kappa shape index (κ3) is 5.98. The number of fused-ring (bicyclic) bond motifs is 1. The van der Waals surface area contributed by atoms with Crippen LogP contribution in [-0.2, 0) is 12.8 Å². The number of aromatic nitrogens is 2. The molecule has 0 aliphatic carbocycles. The highest BCUT2D eigenvalue weighted by atomic mass is 35.5. The molecule has 5 rings (SSSR count). The van der Waals surface area contributed by atoms with E-state index in [2.05, 4.69) is 10.1 Å². The Morgan fingerprint density at radius 3 is 2.48 bits per heavy atom. The van der Waals surface area contributed by atoms with E-state index < -0.39 is 33.7 Å². The lowest BCUT2D eigenvalue weighted by Gasteiger charge is -2.12. The number of rotatable bonds is 7. The topological polar surface area (TPSA) is 99.6 Å². The average Bonchev–Trinajstić information content (AvgIpc) is 2.96. The van der Waals surface area contributed by atoms with Gasteiger partial charge in [0.05, 0.1) is 32.6 Å². The van der Waals surface area contributed by atoms with E-state index in [4.69, 9.17) is 16.3 Å². The third-order valence-corrected chi connectivity index (χ3v) is 6.34. The molecule has 0 bridgehead atoms. The number of para-hydroxylation sites is 1. The summed E-state index contributed by atoms with van der Waals surface area (Å²) in [5.74, 6) is -0.874. The fourth-order valence-electron chi connectivity index (χ4n) is 4.07. The average molecular weight is 597 g/mol. The number of ether oxygens (including phenoxy) is 1. The normalized spacial score (nSPS) is 11.7. The number of alkyl halides is 3. The Bertz CT molecular complexity index is 1910. The maximum atomic E-state index is 13.4. The Kier molecular flexibility index (Phi) is 7.72. The van der Waals surface area contributed by atoms with Crippen LogP contribution in [0.3, 0.4) is 0 Å². The van der Waals surface area contributed by atoms with Gasteiger partial charge in [-0.05, 0) is 48.0 Å². The first-order valence-electron chi connectivity index (χ1n) is 12.1. The molecule has 212 valence electrons. The van der Waals surface area contributed by atoms with Crippen molar-refractivity contribution < 1.29 is 27.2 Å². The Balaban J connectivity index is 1.57. The van der Waals surface area contributed by atoms with E-state index in [-0.39, 0.29) is 45.2 Å². The molecule has 42 heavy (non-hydrogen) atoms. The van der Waals surface area contributed by atoms with E-state index in [9.17, 15) is 32.5 Å². The number of hydrogen-bond acceptors (Lipinski definition) is 6. The molecule has 8 nitrogen and oxygen atoms in total. The van der Waals surface area contributed by atoms with Gasteiger partial charge in [-0.25, -0.2) is 9.37 Å². The van der Waals surface area contributed by atoms with Crippen LogP contribution in [0.15, 0.2) is 94.8 Å². The van der Waals surface area contributed by atoms with E-state index in [1.54, 1.807) is 12.1 Å². The lowest BCUT2D eigenvalue weighted by atomic mass is 10.1. The van der Waals surface area contributed by atoms with Crippen molar-refractivity contribution in [3.8, 4) is 17.1 Å². The molecule has 0 N–H and O–H groups in total. The maximum absolute atomic E-state index is 13.4. The van der Waals surface area contributed by atoms with Crippen LogP contribution >= 0.6 is 11.6 Å². The molecule has 1 heterocycles. The quantitative estimate of drug-likeness (QED) is 0.0853. The van der Waals surface area contributed by atoms with Crippen molar-refractivity contribution in [3.05, 3.63) is 133 Å². The molecule has 0 radical (unpaired) electrons. The molecule has 0 unspecified atom stereocenters. The smallest absolute Gasteiger partial charge is 0.416 e. The molecule has 5 aromatic rings. The second-order valence-corrected chi connectivity index (χ2v) is 9.32. The molecule has 0 atom stereocenters. The molecule has 4 aromatic carbocycles. The Hall–Kier alpha value is -5.10. The fourth-order valence-corrected chi connectivity index (χ4v) is 4.34. The highest BCUT2D eigenvalue weighted by Crippen LogP contribution is 2.37. The van der Waals surface area contributed by atoms with Crippen LogP contribution in [0.2, 0.25) is 5.02 Å². The van der Waals surface area contributed by atoms with Gasteiger partial charge < -0.3 is 4.74 Å². The monoisotopic (exact) mass is 596 g/mol. The summed E-state index contributed by atoms with van der Waals surface area (Å²) >= 11 is 6.31. The standard InChI is InChI=1S/C29H17ClF4N4O4/c30-23-12-18(13-25(38(40)41)26(23)42-16-17-8-10-21(31)11-9-17)15-35-37-27(19-4-3-5-20(14-19)29(32,33)34)36-24-7-2-1-6-22(24)28(37)39/h1-15H,16H2. The highest BCUT2D eigenvalue weighted by molar-refractivity contribution is 6.32. The van der Waals surface area contributed by atoms with Gasteiger partial charge in [0, 0.05) is 17.2 Å². The summed E-state index contributed by atoms with van der Waals surface area (Å²) in [4.78, 5) is 28.9. The number of benzene rings is 4. The van der Waals surface area contributed by atoms with Crippen LogP contribution in [0, 0.1) is 15.9 Å². The number of nitro benzene ring substituents is 1. The number of nitrogens with zero attached hydrogens (tertiary/aromatic N) is 4. The molecule has 0 amide bonds. The van der Waals surface area contributed by atoms with E-state index >= 15 is 0 Å². The highest BCUT2D eigenvalue weighted by Gasteiger charge is 2.31. The zero-order valence-corrected chi connectivity index (χ0v) is 21.9.